The summed E-state index contributed by atoms with van der Waals surface area (Å²) in [6.07, 6.45) is 1.76. The maximum Gasteiger partial charge on any atom is 0.282 e. The van der Waals surface area contributed by atoms with Crippen molar-refractivity contribution in [3.8, 4) is 5.75 Å². The Labute approximate surface area is 189 Å². The second-order valence-electron chi connectivity index (χ2n) is 7.06. The number of thioether (sulfide) groups is 1. The molecule has 8 nitrogen and oxygen atoms in total. The lowest BCUT2D eigenvalue weighted by atomic mass is 10.2. The Kier molecular flexibility index (Phi) is 6.55. The van der Waals surface area contributed by atoms with Crippen LogP contribution in [-0.2, 0) is 17.9 Å². The quantitative estimate of drug-likeness (QED) is 0.328. The van der Waals surface area contributed by atoms with Crippen molar-refractivity contribution in [2.75, 3.05) is 18.2 Å². The number of aryl methyl sites for hydroxylation is 1. The van der Waals surface area contributed by atoms with Gasteiger partial charge in [0.05, 0.1) is 25.6 Å². The van der Waals surface area contributed by atoms with E-state index in [4.69, 9.17) is 4.74 Å². The van der Waals surface area contributed by atoms with Crippen LogP contribution in [0.1, 0.15) is 12.5 Å². The summed E-state index contributed by atoms with van der Waals surface area (Å²) < 4.78 is 8.40. The molecule has 1 amide bonds. The normalized spacial score (nSPS) is 10.9. The molecule has 0 aliphatic heterocycles. The van der Waals surface area contributed by atoms with E-state index in [2.05, 4.69) is 15.4 Å². The number of amides is 1. The molecule has 4 rings (SSSR count). The molecule has 4 aromatic rings. The number of rotatable bonds is 8. The highest BCUT2D eigenvalue weighted by Crippen LogP contribution is 2.20. The molecule has 0 spiro atoms. The molecule has 0 atom stereocenters. The van der Waals surface area contributed by atoms with Gasteiger partial charge in [0.25, 0.3) is 5.56 Å². The van der Waals surface area contributed by atoms with Crippen molar-refractivity contribution >= 4 is 34.4 Å². The molecular weight excluding hydrogens is 426 g/mol. The van der Waals surface area contributed by atoms with E-state index in [1.165, 1.54) is 11.8 Å². The predicted molar refractivity (Wildman–Crippen MR) is 125 cm³/mol. The Morgan fingerprint density at radius 3 is 2.56 bits per heavy atom. The molecule has 0 fully saturated rings. The number of hydrogen-bond acceptors (Lipinski definition) is 6. The summed E-state index contributed by atoms with van der Waals surface area (Å²) in [7, 11) is 1.59. The SMILES string of the molecule is CCn1cc2nc(SCC(=O)Nc3ccc(OC)cc3)n(Cc3ccccc3)c(=O)c2n1. The summed E-state index contributed by atoms with van der Waals surface area (Å²) >= 11 is 1.23. The predicted octanol–water partition coefficient (Wildman–Crippen LogP) is 3.40. The number of ether oxygens (including phenoxy) is 1. The second kappa shape index (κ2) is 9.69. The molecule has 2 aromatic carbocycles. The molecule has 0 aliphatic carbocycles. The average Bonchev–Trinajstić information content (AvgIpc) is 3.24. The summed E-state index contributed by atoms with van der Waals surface area (Å²) in [6, 6.07) is 16.8. The lowest BCUT2D eigenvalue weighted by Gasteiger charge is -2.12. The molecule has 0 aliphatic rings. The number of aromatic nitrogens is 4. The Bertz CT molecular complexity index is 1280. The lowest BCUT2D eigenvalue weighted by molar-refractivity contribution is -0.113. The zero-order chi connectivity index (χ0) is 22.5. The van der Waals surface area contributed by atoms with Crippen LogP contribution in [0.4, 0.5) is 5.69 Å². The van der Waals surface area contributed by atoms with E-state index in [0.717, 1.165) is 5.56 Å². The van der Waals surface area contributed by atoms with Gasteiger partial charge in [0.1, 0.15) is 11.3 Å². The maximum atomic E-state index is 13.2. The molecule has 164 valence electrons. The fraction of sp³-hybridized carbons (Fsp3) is 0.217. The van der Waals surface area contributed by atoms with Gasteiger partial charge in [0.15, 0.2) is 10.7 Å². The summed E-state index contributed by atoms with van der Waals surface area (Å²) in [5.41, 5.74) is 2.28. The van der Waals surface area contributed by atoms with E-state index >= 15 is 0 Å². The Morgan fingerprint density at radius 1 is 1.12 bits per heavy atom. The van der Waals surface area contributed by atoms with Crippen molar-refractivity contribution in [1.29, 1.82) is 0 Å². The number of carbonyl (C=O) groups excluding carboxylic acids is 1. The zero-order valence-corrected chi connectivity index (χ0v) is 18.6. The first-order chi connectivity index (χ1) is 15.6. The van der Waals surface area contributed by atoms with Gasteiger partial charge in [0.2, 0.25) is 5.91 Å². The van der Waals surface area contributed by atoms with Crippen LogP contribution < -0.4 is 15.6 Å². The van der Waals surface area contributed by atoms with Crippen LogP contribution in [0.5, 0.6) is 5.75 Å². The first kappa shape index (κ1) is 21.6. The summed E-state index contributed by atoms with van der Waals surface area (Å²) in [5.74, 6) is 0.637. The minimum absolute atomic E-state index is 0.112. The van der Waals surface area contributed by atoms with E-state index in [1.807, 2.05) is 37.3 Å². The zero-order valence-electron chi connectivity index (χ0n) is 17.8. The Hall–Kier alpha value is -3.59. The van der Waals surface area contributed by atoms with Crippen LogP contribution in [0.15, 0.2) is 70.7 Å². The molecule has 9 heteroatoms. The lowest BCUT2D eigenvalue weighted by Crippen LogP contribution is -2.25. The molecule has 32 heavy (non-hydrogen) atoms. The average molecular weight is 450 g/mol. The molecule has 2 heterocycles. The number of fused-ring (bicyclic) bond motifs is 1. The number of nitrogens with zero attached hydrogens (tertiary/aromatic N) is 4. The van der Waals surface area contributed by atoms with Gasteiger partial charge in [0, 0.05) is 12.2 Å². The van der Waals surface area contributed by atoms with Crippen LogP contribution in [0.3, 0.4) is 0 Å². The number of methoxy groups -OCH3 is 1. The van der Waals surface area contributed by atoms with E-state index in [9.17, 15) is 9.59 Å². The van der Waals surface area contributed by atoms with Crippen molar-refractivity contribution in [1.82, 2.24) is 19.3 Å². The van der Waals surface area contributed by atoms with Crippen LogP contribution in [0.25, 0.3) is 11.0 Å². The van der Waals surface area contributed by atoms with E-state index in [-0.39, 0.29) is 17.2 Å². The standard InChI is InChI=1S/C23H23N5O3S/c1-3-27-14-19-21(26-27)22(30)28(13-16-7-5-4-6-8-16)23(25-19)32-15-20(29)24-17-9-11-18(31-2)12-10-17/h4-12,14H,3,13,15H2,1-2H3,(H,24,29). The Morgan fingerprint density at radius 2 is 1.88 bits per heavy atom. The molecule has 0 unspecified atom stereocenters. The first-order valence-electron chi connectivity index (χ1n) is 10.2. The summed E-state index contributed by atoms with van der Waals surface area (Å²) in [4.78, 5) is 30.4. The summed E-state index contributed by atoms with van der Waals surface area (Å²) in [6.45, 7) is 2.94. The highest BCUT2D eigenvalue weighted by atomic mass is 32.2. The van der Waals surface area contributed by atoms with Crippen molar-refractivity contribution in [2.45, 2.75) is 25.2 Å². The largest absolute Gasteiger partial charge is 0.497 e. The third kappa shape index (κ3) is 4.83. The van der Waals surface area contributed by atoms with Gasteiger partial charge in [-0.1, -0.05) is 42.1 Å². The number of hydrogen-bond donors (Lipinski definition) is 1. The van der Waals surface area contributed by atoms with Gasteiger partial charge >= 0.3 is 0 Å². The van der Waals surface area contributed by atoms with Crippen molar-refractivity contribution in [2.24, 2.45) is 0 Å². The molecule has 0 saturated heterocycles. The van der Waals surface area contributed by atoms with Gasteiger partial charge in [-0.2, -0.15) is 5.10 Å². The highest BCUT2D eigenvalue weighted by molar-refractivity contribution is 7.99. The maximum absolute atomic E-state index is 13.2. The number of carbonyl (C=O) groups is 1. The van der Waals surface area contributed by atoms with Crippen LogP contribution in [-0.4, -0.2) is 38.1 Å². The first-order valence-corrected chi connectivity index (χ1v) is 11.1. The number of anilines is 1. The monoisotopic (exact) mass is 449 g/mol. The second-order valence-corrected chi connectivity index (χ2v) is 8.00. The minimum Gasteiger partial charge on any atom is -0.497 e. The van der Waals surface area contributed by atoms with Crippen molar-refractivity contribution in [3.05, 3.63) is 76.7 Å². The van der Waals surface area contributed by atoms with E-state index < -0.39 is 0 Å². The topological polar surface area (TPSA) is 91.0 Å². The van der Waals surface area contributed by atoms with Gasteiger partial charge in [-0.15, -0.1) is 0 Å². The molecule has 0 radical (unpaired) electrons. The smallest absolute Gasteiger partial charge is 0.282 e. The van der Waals surface area contributed by atoms with E-state index in [1.54, 1.807) is 46.8 Å². The molecule has 1 N–H and O–H groups in total. The van der Waals surface area contributed by atoms with Crippen LogP contribution in [0.2, 0.25) is 0 Å². The van der Waals surface area contributed by atoms with Gasteiger partial charge < -0.3 is 10.1 Å². The van der Waals surface area contributed by atoms with Gasteiger partial charge in [-0.05, 0) is 36.8 Å². The van der Waals surface area contributed by atoms with Gasteiger partial charge in [-0.25, -0.2) is 4.98 Å². The third-order valence-corrected chi connectivity index (χ3v) is 5.83. The van der Waals surface area contributed by atoms with E-state index in [0.29, 0.717) is 40.7 Å². The number of benzene rings is 2. The molecule has 2 aromatic heterocycles. The molecule has 0 bridgehead atoms. The molecule has 0 saturated carbocycles. The fourth-order valence-electron chi connectivity index (χ4n) is 3.20. The fourth-order valence-corrected chi connectivity index (χ4v) is 4.00. The summed E-state index contributed by atoms with van der Waals surface area (Å²) in [5, 5.41) is 7.69. The minimum atomic E-state index is -0.218. The Balaban J connectivity index is 1.58. The van der Waals surface area contributed by atoms with Crippen LogP contribution in [0, 0.1) is 0 Å². The van der Waals surface area contributed by atoms with Crippen molar-refractivity contribution < 1.29 is 9.53 Å². The number of nitrogens with one attached hydrogen (secondary N) is 1. The van der Waals surface area contributed by atoms with Crippen LogP contribution >= 0.6 is 11.8 Å². The van der Waals surface area contributed by atoms with Crippen molar-refractivity contribution in [3.63, 3.8) is 0 Å². The molecular formula is C23H23N5O3S. The third-order valence-electron chi connectivity index (χ3n) is 4.85. The van der Waals surface area contributed by atoms with Gasteiger partial charge in [-0.3, -0.25) is 18.8 Å². The highest BCUT2D eigenvalue weighted by Gasteiger charge is 2.16.